The maximum atomic E-state index is 13.5. The first-order valence-corrected chi connectivity index (χ1v) is 6.07. The Balaban J connectivity index is 2.21. The number of hydrogen-bond acceptors (Lipinski definition) is 4. The molecule has 0 saturated carbocycles. The molecule has 88 valence electrons. The summed E-state index contributed by atoms with van der Waals surface area (Å²) in [5.41, 5.74) is 5.60. The summed E-state index contributed by atoms with van der Waals surface area (Å²) in [4.78, 5) is 4.05. The van der Waals surface area contributed by atoms with Crippen molar-refractivity contribution in [1.29, 1.82) is 0 Å². The van der Waals surface area contributed by atoms with Gasteiger partial charge in [0, 0.05) is 11.6 Å². The first kappa shape index (κ1) is 11.9. The van der Waals surface area contributed by atoms with Crippen LogP contribution in [0, 0.1) is 5.82 Å². The molecule has 0 fully saturated rings. The van der Waals surface area contributed by atoms with Crippen molar-refractivity contribution < 1.29 is 9.13 Å². The van der Waals surface area contributed by atoms with Gasteiger partial charge in [-0.3, -0.25) is 0 Å². The SMILES string of the molecule is NC(=S)c1c(F)cccc1OCc1nccs1. The van der Waals surface area contributed by atoms with Gasteiger partial charge < -0.3 is 10.5 Å². The smallest absolute Gasteiger partial charge is 0.140 e. The summed E-state index contributed by atoms with van der Waals surface area (Å²) < 4.78 is 19.0. The number of nitrogens with zero attached hydrogens (tertiary/aromatic N) is 1. The van der Waals surface area contributed by atoms with Crippen LogP contribution in [0.5, 0.6) is 5.75 Å². The largest absolute Gasteiger partial charge is 0.486 e. The van der Waals surface area contributed by atoms with Crippen LogP contribution in [-0.2, 0) is 6.61 Å². The molecule has 1 heterocycles. The van der Waals surface area contributed by atoms with E-state index in [4.69, 9.17) is 22.7 Å². The number of thiazole rings is 1. The molecule has 6 heteroatoms. The number of nitrogens with two attached hydrogens (primary N) is 1. The zero-order chi connectivity index (χ0) is 12.3. The normalized spacial score (nSPS) is 10.2. The predicted molar refractivity (Wildman–Crippen MR) is 68.7 cm³/mol. The lowest BCUT2D eigenvalue weighted by molar-refractivity contribution is 0.303. The second-order valence-corrected chi connectivity index (χ2v) is 4.61. The Morgan fingerprint density at radius 2 is 2.35 bits per heavy atom. The van der Waals surface area contributed by atoms with Gasteiger partial charge in [-0.2, -0.15) is 0 Å². The maximum Gasteiger partial charge on any atom is 0.140 e. The molecule has 17 heavy (non-hydrogen) atoms. The first-order chi connectivity index (χ1) is 8.18. The molecule has 0 aliphatic rings. The second-order valence-electron chi connectivity index (χ2n) is 3.19. The summed E-state index contributed by atoms with van der Waals surface area (Å²) in [6.07, 6.45) is 1.68. The van der Waals surface area contributed by atoms with Crippen molar-refractivity contribution in [2.45, 2.75) is 6.61 Å². The molecule has 0 atom stereocenters. The number of hydrogen-bond donors (Lipinski definition) is 1. The highest BCUT2D eigenvalue weighted by Gasteiger charge is 2.12. The highest BCUT2D eigenvalue weighted by molar-refractivity contribution is 7.80. The lowest BCUT2D eigenvalue weighted by atomic mass is 10.2. The van der Waals surface area contributed by atoms with Crippen molar-refractivity contribution in [2.75, 3.05) is 0 Å². The molecule has 3 nitrogen and oxygen atoms in total. The fourth-order valence-electron chi connectivity index (χ4n) is 1.33. The fourth-order valence-corrected chi connectivity index (χ4v) is 2.05. The second kappa shape index (κ2) is 5.20. The van der Waals surface area contributed by atoms with E-state index in [2.05, 4.69) is 4.98 Å². The van der Waals surface area contributed by atoms with E-state index in [9.17, 15) is 4.39 Å². The Morgan fingerprint density at radius 3 is 3.00 bits per heavy atom. The highest BCUT2D eigenvalue weighted by atomic mass is 32.1. The molecule has 0 bridgehead atoms. The van der Waals surface area contributed by atoms with E-state index >= 15 is 0 Å². The maximum absolute atomic E-state index is 13.5. The van der Waals surface area contributed by atoms with Crippen LogP contribution in [0.25, 0.3) is 0 Å². The lowest BCUT2D eigenvalue weighted by Crippen LogP contribution is -2.14. The van der Waals surface area contributed by atoms with Gasteiger partial charge in [0.25, 0.3) is 0 Å². The van der Waals surface area contributed by atoms with Crippen molar-refractivity contribution >= 4 is 28.5 Å². The van der Waals surface area contributed by atoms with E-state index in [-0.39, 0.29) is 17.2 Å². The van der Waals surface area contributed by atoms with Gasteiger partial charge in [0.05, 0.1) is 5.56 Å². The molecule has 1 aromatic heterocycles. The van der Waals surface area contributed by atoms with Crippen LogP contribution in [0.3, 0.4) is 0 Å². The quantitative estimate of drug-likeness (QED) is 0.866. The molecule has 2 aromatic rings. The summed E-state index contributed by atoms with van der Waals surface area (Å²) in [6.45, 7) is 0.275. The van der Waals surface area contributed by atoms with Gasteiger partial charge in [-0.1, -0.05) is 18.3 Å². The Morgan fingerprint density at radius 1 is 1.53 bits per heavy atom. The number of thiocarbonyl (C=S) groups is 1. The molecule has 0 radical (unpaired) electrons. The van der Waals surface area contributed by atoms with Crippen molar-refractivity contribution in [3.8, 4) is 5.75 Å². The Kier molecular flexibility index (Phi) is 3.65. The van der Waals surface area contributed by atoms with Gasteiger partial charge in [0.15, 0.2) is 0 Å². The van der Waals surface area contributed by atoms with Crippen LogP contribution in [0.2, 0.25) is 0 Å². The van der Waals surface area contributed by atoms with Crippen molar-refractivity contribution in [2.24, 2.45) is 5.73 Å². The van der Waals surface area contributed by atoms with Crippen LogP contribution in [0.1, 0.15) is 10.6 Å². The topological polar surface area (TPSA) is 48.1 Å². The van der Waals surface area contributed by atoms with E-state index in [1.54, 1.807) is 18.3 Å². The van der Waals surface area contributed by atoms with Gasteiger partial charge in [-0.15, -0.1) is 11.3 Å². The van der Waals surface area contributed by atoms with Crippen LogP contribution in [0.4, 0.5) is 4.39 Å². The molecule has 2 rings (SSSR count). The number of ether oxygens (including phenoxy) is 1. The molecule has 2 N–H and O–H groups in total. The predicted octanol–water partition coefficient (Wildman–Crippen LogP) is 2.50. The van der Waals surface area contributed by atoms with Gasteiger partial charge in [0.1, 0.15) is 28.2 Å². The van der Waals surface area contributed by atoms with Gasteiger partial charge in [-0.25, -0.2) is 9.37 Å². The summed E-state index contributed by atoms with van der Waals surface area (Å²) >= 11 is 6.26. The molecular weight excluding hydrogens is 259 g/mol. The third-order valence-electron chi connectivity index (χ3n) is 2.06. The van der Waals surface area contributed by atoms with Crippen molar-refractivity contribution in [1.82, 2.24) is 4.98 Å². The van der Waals surface area contributed by atoms with Crippen LogP contribution < -0.4 is 10.5 Å². The molecule has 0 aliphatic heterocycles. The minimum absolute atomic E-state index is 0.0164. The Labute approximate surface area is 107 Å². The van der Waals surface area contributed by atoms with Crippen molar-refractivity contribution in [3.63, 3.8) is 0 Å². The van der Waals surface area contributed by atoms with E-state index in [1.165, 1.54) is 17.4 Å². The average molecular weight is 268 g/mol. The van der Waals surface area contributed by atoms with Gasteiger partial charge in [0.2, 0.25) is 0 Å². The van der Waals surface area contributed by atoms with Crippen LogP contribution in [-0.4, -0.2) is 9.97 Å². The number of rotatable bonds is 4. The molecular formula is C11H9FN2OS2. The molecule has 0 saturated heterocycles. The van der Waals surface area contributed by atoms with E-state index < -0.39 is 5.82 Å². The average Bonchev–Trinajstić information content (AvgIpc) is 2.78. The third-order valence-corrected chi connectivity index (χ3v) is 3.01. The van der Waals surface area contributed by atoms with Crippen LogP contribution >= 0.6 is 23.6 Å². The van der Waals surface area contributed by atoms with E-state index in [0.29, 0.717) is 5.75 Å². The highest BCUT2D eigenvalue weighted by Crippen LogP contribution is 2.22. The van der Waals surface area contributed by atoms with Crippen molar-refractivity contribution in [3.05, 3.63) is 46.2 Å². The van der Waals surface area contributed by atoms with E-state index in [0.717, 1.165) is 5.01 Å². The third kappa shape index (κ3) is 2.78. The Bertz CT molecular complexity index is 528. The van der Waals surface area contributed by atoms with Gasteiger partial charge in [-0.05, 0) is 12.1 Å². The molecule has 0 spiro atoms. The van der Waals surface area contributed by atoms with E-state index in [1.807, 2.05) is 5.38 Å². The minimum atomic E-state index is -0.478. The summed E-state index contributed by atoms with van der Waals surface area (Å²) in [6, 6.07) is 4.48. The molecule has 0 aliphatic carbocycles. The van der Waals surface area contributed by atoms with Crippen LogP contribution in [0.15, 0.2) is 29.8 Å². The summed E-state index contributed by atoms with van der Waals surface area (Å²) in [5.74, 6) is -0.137. The first-order valence-electron chi connectivity index (χ1n) is 4.78. The molecule has 0 amide bonds. The molecule has 1 aromatic carbocycles. The Hall–Kier alpha value is -1.53. The zero-order valence-corrected chi connectivity index (χ0v) is 10.4. The fraction of sp³-hybridized carbons (Fsp3) is 0.0909. The number of benzene rings is 1. The number of aromatic nitrogens is 1. The lowest BCUT2D eigenvalue weighted by Gasteiger charge is -2.09. The standard InChI is InChI=1S/C11H9FN2OS2/c12-7-2-1-3-8(10(7)11(13)16)15-6-9-14-4-5-17-9/h1-5H,6H2,(H2,13,16). The molecule has 0 unspecified atom stereocenters. The minimum Gasteiger partial charge on any atom is -0.486 e. The monoisotopic (exact) mass is 268 g/mol. The zero-order valence-electron chi connectivity index (χ0n) is 8.72. The summed E-state index contributed by atoms with van der Waals surface area (Å²) in [7, 11) is 0. The summed E-state index contributed by atoms with van der Waals surface area (Å²) in [5, 5.41) is 2.65. The number of halogens is 1. The van der Waals surface area contributed by atoms with Gasteiger partial charge >= 0.3 is 0 Å².